The summed E-state index contributed by atoms with van der Waals surface area (Å²) in [7, 11) is 1.36. The average Bonchev–Trinajstić information content (AvgIpc) is 3.50. The minimum absolute atomic E-state index is 0.120. The average molecular weight is 459 g/mol. The van der Waals surface area contributed by atoms with Crippen molar-refractivity contribution in [2.45, 2.75) is 38.7 Å². The lowest BCUT2D eigenvalue weighted by Crippen LogP contribution is -2.13. The minimum atomic E-state index is -0.382. The van der Waals surface area contributed by atoms with Gasteiger partial charge in [-0.15, -0.1) is 0 Å². The zero-order chi connectivity index (χ0) is 23.7. The van der Waals surface area contributed by atoms with E-state index in [0.717, 1.165) is 53.4 Å². The number of phenols is 1. The number of carbonyl (C=O) groups is 1. The number of anilines is 2. The van der Waals surface area contributed by atoms with Gasteiger partial charge in [-0.3, -0.25) is 0 Å². The van der Waals surface area contributed by atoms with Crippen LogP contribution in [-0.4, -0.2) is 39.2 Å². The molecule has 1 saturated carbocycles. The van der Waals surface area contributed by atoms with Gasteiger partial charge in [0.15, 0.2) is 0 Å². The first-order valence-corrected chi connectivity index (χ1v) is 11.3. The Kier molecular flexibility index (Phi) is 5.79. The van der Waals surface area contributed by atoms with Gasteiger partial charge < -0.3 is 24.9 Å². The van der Waals surface area contributed by atoms with E-state index in [4.69, 9.17) is 14.5 Å². The first kappa shape index (κ1) is 21.8. The summed E-state index contributed by atoms with van der Waals surface area (Å²) in [5, 5.41) is 13.8. The van der Waals surface area contributed by atoms with Crippen molar-refractivity contribution in [3.8, 4) is 22.8 Å². The highest BCUT2D eigenvalue weighted by Crippen LogP contribution is 2.37. The van der Waals surface area contributed by atoms with Crippen LogP contribution in [0.3, 0.4) is 0 Å². The fraction of sp³-hybridized carbons (Fsp3) is 0.269. The van der Waals surface area contributed by atoms with Gasteiger partial charge in [-0.05, 0) is 74.1 Å². The van der Waals surface area contributed by atoms with E-state index >= 15 is 0 Å². The Bertz CT molecular complexity index is 1340. The van der Waals surface area contributed by atoms with Crippen LogP contribution in [0.4, 0.5) is 11.6 Å². The lowest BCUT2D eigenvalue weighted by molar-refractivity contribution is 0.0600. The molecule has 0 radical (unpaired) electrons. The molecule has 1 aliphatic rings. The highest BCUT2D eigenvalue weighted by Gasteiger charge is 2.22. The smallest absolute Gasteiger partial charge is 0.337 e. The summed E-state index contributed by atoms with van der Waals surface area (Å²) in [5.74, 6) is 0.746. The fourth-order valence-corrected chi connectivity index (χ4v) is 4.34. The zero-order valence-electron chi connectivity index (χ0n) is 19.1. The monoisotopic (exact) mass is 458 g/mol. The highest BCUT2D eigenvalue weighted by atomic mass is 16.5. The number of methoxy groups -OCH3 is 1. The lowest BCUT2D eigenvalue weighted by atomic mass is 10.1. The predicted molar refractivity (Wildman–Crippen MR) is 130 cm³/mol. The third-order valence-corrected chi connectivity index (χ3v) is 6.15. The second kappa shape index (κ2) is 9.05. The molecule has 0 spiro atoms. The van der Waals surface area contributed by atoms with Crippen molar-refractivity contribution in [2.24, 2.45) is 0 Å². The number of carbonyl (C=O) groups excluding carboxylic acids is 1. The summed E-state index contributed by atoms with van der Waals surface area (Å²) in [6.07, 6.45) is 6.30. The summed E-state index contributed by atoms with van der Waals surface area (Å²) in [5.41, 5.74) is 4.62. The van der Waals surface area contributed by atoms with Crippen molar-refractivity contribution in [1.29, 1.82) is 0 Å². The van der Waals surface area contributed by atoms with E-state index in [2.05, 4.69) is 15.3 Å². The summed E-state index contributed by atoms with van der Waals surface area (Å²) in [6, 6.07) is 12.3. The number of aryl methyl sites for hydroxylation is 1. The molecule has 3 N–H and O–H groups in total. The molecule has 1 aliphatic carbocycles. The number of aromatic hydroxyl groups is 1. The molecule has 34 heavy (non-hydrogen) atoms. The van der Waals surface area contributed by atoms with Crippen LogP contribution in [0.15, 0.2) is 48.7 Å². The number of nitrogens with one attached hydrogen (secondary N) is 2. The molecular formula is C26H26N4O4. The Morgan fingerprint density at radius 1 is 1.12 bits per heavy atom. The third kappa shape index (κ3) is 4.26. The van der Waals surface area contributed by atoms with Crippen LogP contribution < -0.4 is 10.1 Å². The van der Waals surface area contributed by atoms with E-state index in [1.54, 1.807) is 24.3 Å². The molecule has 2 aromatic carbocycles. The van der Waals surface area contributed by atoms with Crippen LogP contribution in [0.1, 0.15) is 41.6 Å². The number of aromatic nitrogens is 3. The van der Waals surface area contributed by atoms with Crippen LogP contribution in [0, 0.1) is 6.92 Å². The molecule has 1 fully saturated rings. The van der Waals surface area contributed by atoms with Gasteiger partial charge in [-0.1, -0.05) is 12.1 Å². The quantitative estimate of drug-likeness (QED) is 0.328. The number of aromatic amines is 1. The Balaban J connectivity index is 1.54. The molecule has 8 nitrogen and oxygen atoms in total. The number of esters is 1. The Morgan fingerprint density at radius 3 is 2.59 bits per heavy atom. The molecule has 8 heteroatoms. The number of nitrogens with zero attached hydrogens (tertiary/aromatic N) is 2. The molecule has 0 aliphatic heterocycles. The minimum Gasteiger partial charge on any atom is -0.508 e. The number of rotatable bonds is 6. The van der Waals surface area contributed by atoms with Crippen molar-refractivity contribution in [3.63, 3.8) is 0 Å². The number of phenolic OH excluding ortho intramolecular Hbond substituents is 1. The maximum Gasteiger partial charge on any atom is 0.337 e. The van der Waals surface area contributed by atoms with Crippen molar-refractivity contribution >= 4 is 28.6 Å². The number of hydrogen-bond donors (Lipinski definition) is 3. The fourth-order valence-electron chi connectivity index (χ4n) is 4.34. The first-order chi connectivity index (χ1) is 16.5. The molecule has 0 saturated heterocycles. The summed E-state index contributed by atoms with van der Waals surface area (Å²) >= 11 is 0. The molecule has 0 bridgehead atoms. The number of ether oxygens (including phenoxy) is 2. The molecule has 5 rings (SSSR count). The number of fused-ring (bicyclic) bond motifs is 1. The van der Waals surface area contributed by atoms with Crippen LogP contribution in [0.2, 0.25) is 0 Å². The van der Waals surface area contributed by atoms with E-state index in [9.17, 15) is 9.90 Å². The van der Waals surface area contributed by atoms with E-state index in [1.165, 1.54) is 7.11 Å². The van der Waals surface area contributed by atoms with Crippen LogP contribution in [0.5, 0.6) is 11.6 Å². The largest absolute Gasteiger partial charge is 0.508 e. The van der Waals surface area contributed by atoms with E-state index in [-0.39, 0.29) is 17.8 Å². The summed E-state index contributed by atoms with van der Waals surface area (Å²) in [6.45, 7) is 1.90. The Labute approximate surface area is 197 Å². The van der Waals surface area contributed by atoms with Gasteiger partial charge in [-0.2, -0.15) is 9.97 Å². The van der Waals surface area contributed by atoms with E-state index in [1.807, 2.05) is 31.3 Å². The summed E-state index contributed by atoms with van der Waals surface area (Å²) < 4.78 is 11.2. The molecule has 0 unspecified atom stereocenters. The molecule has 0 amide bonds. The van der Waals surface area contributed by atoms with Crippen LogP contribution in [-0.2, 0) is 4.74 Å². The normalized spacial score (nSPS) is 13.8. The molecule has 174 valence electrons. The van der Waals surface area contributed by atoms with Crippen molar-refractivity contribution < 1.29 is 19.4 Å². The molecule has 2 aromatic heterocycles. The van der Waals surface area contributed by atoms with E-state index in [0.29, 0.717) is 23.0 Å². The predicted octanol–water partition coefficient (Wildman–Crippen LogP) is 5.49. The maximum atomic E-state index is 11.8. The van der Waals surface area contributed by atoms with Crippen LogP contribution >= 0.6 is 0 Å². The molecule has 2 heterocycles. The van der Waals surface area contributed by atoms with Gasteiger partial charge in [0.25, 0.3) is 0 Å². The second-order valence-electron chi connectivity index (χ2n) is 8.50. The summed E-state index contributed by atoms with van der Waals surface area (Å²) in [4.78, 5) is 24.5. The van der Waals surface area contributed by atoms with Crippen LogP contribution in [0.25, 0.3) is 22.2 Å². The Morgan fingerprint density at radius 2 is 1.88 bits per heavy atom. The standard InChI is InChI=1S/C26H26N4O4/c1-15-13-17(25(32)33-2)9-12-21(15)28-26-29-23-22(24(30-26)34-19-5-3-4-6-19)20(14-27-23)16-7-10-18(31)11-8-16/h7-14,19,31H,3-6H2,1-2H3,(H2,27,28,29,30). The van der Waals surface area contributed by atoms with Gasteiger partial charge in [-0.25, -0.2) is 4.79 Å². The lowest BCUT2D eigenvalue weighted by Gasteiger charge is -2.16. The van der Waals surface area contributed by atoms with Crippen molar-refractivity contribution in [3.05, 3.63) is 59.8 Å². The maximum absolute atomic E-state index is 11.8. The topological polar surface area (TPSA) is 109 Å². The second-order valence-corrected chi connectivity index (χ2v) is 8.50. The van der Waals surface area contributed by atoms with Gasteiger partial charge in [0.05, 0.1) is 18.1 Å². The van der Waals surface area contributed by atoms with Crippen molar-refractivity contribution in [2.75, 3.05) is 12.4 Å². The first-order valence-electron chi connectivity index (χ1n) is 11.3. The van der Waals surface area contributed by atoms with Gasteiger partial charge in [0.1, 0.15) is 17.5 Å². The zero-order valence-corrected chi connectivity index (χ0v) is 19.1. The number of benzene rings is 2. The Hall–Kier alpha value is -4.07. The molecule has 4 aromatic rings. The van der Waals surface area contributed by atoms with E-state index < -0.39 is 0 Å². The third-order valence-electron chi connectivity index (χ3n) is 6.15. The molecular weight excluding hydrogens is 432 g/mol. The van der Waals surface area contributed by atoms with Gasteiger partial charge >= 0.3 is 5.97 Å². The number of hydrogen-bond acceptors (Lipinski definition) is 7. The highest BCUT2D eigenvalue weighted by molar-refractivity contribution is 5.98. The van der Waals surface area contributed by atoms with Gasteiger partial charge in [0, 0.05) is 17.4 Å². The van der Waals surface area contributed by atoms with Gasteiger partial charge in [0.2, 0.25) is 11.8 Å². The van der Waals surface area contributed by atoms with Crippen molar-refractivity contribution in [1.82, 2.24) is 15.0 Å². The molecule has 0 atom stereocenters. The number of H-pyrrole nitrogens is 1. The SMILES string of the molecule is COC(=O)c1ccc(Nc2nc(OC3CCCC3)c3c(-c4ccc(O)cc4)c[nH]c3n2)c(C)c1.